The molecular weight excluding hydrogens is 436 g/mol. The van der Waals surface area contributed by atoms with Gasteiger partial charge in [-0.05, 0) is 85.1 Å². The van der Waals surface area contributed by atoms with E-state index in [1.54, 1.807) is 18.2 Å². The smallest absolute Gasteiger partial charge is 0.335 e. The minimum Gasteiger partial charge on any atom is -0.478 e. The Morgan fingerprint density at radius 3 is 2.58 bits per heavy atom. The van der Waals surface area contributed by atoms with E-state index in [0.717, 1.165) is 24.9 Å². The predicted octanol–water partition coefficient (Wildman–Crippen LogP) is 2.36. The molecule has 2 saturated carbocycles. The maximum Gasteiger partial charge on any atom is 0.335 e. The van der Waals surface area contributed by atoms with E-state index in [2.05, 4.69) is 24.2 Å². The first-order chi connectivity index (χ1) is 15.6. The van der Waals surface area contributed by atoms with E-state index < -0.39 is 15.8 Å². The van der Waals surface area contributed by atoms with Gasteiger partial charge in [0, 0.05) is 29.8 Å². The van der Waals surface area contributed by atoms with Crippen LogP contribution in [0.25, 0.3) is 0 Å². The fourth-order valence-electron chi connectivity index (χ4n) is 7.92. The largest absolute Gasteiger partial charge is 0.478 e. The van der Waals surface area contributed by atoms with Gasteiger partial charge in [-0.2, -0.15) is 0 Å². The van der Waals surface area contributed by atoms with Crippen molar-refractivity contribution in [3.05, 3.63) is 64.7 Å². The fourth-order valence-corrected chi connectivity index (χ4v) is 8.55. The molecule has 2 aromatic carbocycles. The standard InChI is InChI=1S/C26H30N2O4S/c1-26-19-13-16(25(29)30)7-6-15(19)12-18-21(26)20-22(18)28(2)23(20)24(26)27-11-10-14-4-8-17(9-5-14)33(3,31)32/h4-9,13,18,20-24,27H,10-12H2,1-3H3,(H,29,30). The molecule has 6 nitrogen and oxygen atoms in total. The normalized spacial score (nSPS) is 35.8. The van der Waals surface area contributed by atoms with Crippen LogP contribution in [0.3, 0.4) is 0 Å². The van der Waals surface area contributed by atoms with Crippen LogP contribution in [0.4, 0.5) is 0 Å². The number of aromatic carboxylic acids is 1. The maximum atomic E-state index is 11.7. The summed E-state index contributed by atoms with van der Waals surface area (Å²) in [5.74, 6) is 1.08. The highest BCUT2D eigenvalue weighted by molar-refractivity contribution is 7.90. The van der Waals surface area contributed by atoms with Crippen molar-refractivity contribution in [1.29, 1.82) is 0 Å². The molecule has 1 aliphatic heterocycles. The van der Waals surface area contributed by atoms with Crippen molar-refractivity contribution in [2.75, 3.05) is 19.8 Å². The van der Waals surface area contributed by atoms with Gasteiger partial charge in [0.1, 0.15) is 0 Å². The van der Waals surface area contributed by atoms with Crippen LogP contribution in [0.5, 0.6) is 0 Å². The lowest BCUT2D eigenvalue weighted by Gasteiger charge is -2.67. The van der Waals surface area contributed by atoms with Crippen molar-refractivity contribution < 1.29 is 18.3 Å². The number of sulfone groups is 1. The highest BCUT2D eigenvalue weighted by Crippen LogP contribution is 2.71. The third-order valence-corrected chi connectivity index (χ3v) is 10.4. The molecule has 7 unspecified atom stereocenters. The van der Waals surface area contributed by atoms with E-state index in [0.29, 0.717) is 40.3 Å². The molecule has 3 fully saturated rings. The zero-order valence-electron chi connectivity index (χ0n) is 19.2. The number of likely N-dealkylation sites (N-methyl/N-ethyl adjacent to an activating group) is 1. The molecule has 0 radical (unpaired) electrons. The Labute approximate surface area is 194 Å². The van der Waals surface area contributed by atoms with Crippen LogP contribution >= 0.6 is 0 Å². The lowest BCUT2D eigenvalue weighted by molar-refractivity contribution is -0.172. The minimum atomic E-state index is -3.19. The number of hydrogen-bond donors (Lipinski definition) is 2. The van der Waals surface area contributed by atoms with Crippen LogP contribution in [0.15, 0.2) is 47.4 Å². The number of rotatable bonds is 6. The number of nitrogens with one attached hydrogen (secondary N) is 1. The fraction of sp³-hybridized carbons (Fsp3) is 0.500. The van der Waals surface area contributed by atoms with E-state index in [1.807, 2.05) is 24.3 Å². The van der Waals surface area contributed by atoms with Crippen molar-refractivity contribution >= 4 is 15.8 Å². The van der Waals surface area contributed by atoms with Gasteiger partial charge in [-0.15, -0.1) is 0 Å². The lowest BCUT2D eigenvalue weighted by atomic mass is 9.46. The van der Waals surface area contributed by atoms with Crippen LogP contribution < -0.4 is 5.32 Å². The Bertz CT molecular complexity index is 1260. The Morgan fingerprint density at radius 1 is 1.18 bits per heavy atom. The maximum absolute atomic E-state index is 11.7. The summed E-state index contributed by atoms with van der Waals surface area (Å²) in [4.78, 5) is 14.6. The molecule has 4 aliphatic rings. The Kier molecular flexibility index (Phi) is 4.46. The molecule has 0 bridgehead atoms. The first-order valence-corrected chi connectivity index (χ1v) is 13.6. The van der Waals surface area contributed by atoms with Crippen molar-refractivity contribution in [2.45, 2.75) is 48.2 Å². The summed E-state index contributed by atoms with van der Waals surface area (Å²) >= 11 is 0. The molecule has 1 heterocycles. The summed E-state index contributed by atoms with van der Waals surface area (Å²) in [6, 6.07) is 14.3. The molecule has 0 aromatic heterocycles. The van der Waals surface area contributed by atoms with E-state index in [4.69, 9.17) is 0 Å². The van der Waals surface area contributed by atoms with E-state index >= 15 is 0 Å². The molecule has 1 saturated heterocycles. The number of piperidine rings is 1. The molecule has 7 heteroatoms. The van der Waals surface area contributed by atoms with Gasteiger partial charge in [-0.25, -0.2) is 13.2 Å². The second-order valence-electron chi connectivity index (χ2n) is 10.7. The molecule has 0 spiro atoms. The van der Waals surface area contributed by atoms with Gasteiger partial charge < -0.3 is 10.4 Å². The van der Waals surface area contributed by atoms with Crippen LogP contribution in [0, 0.1) is 17.8 Å². The quantitative estimate of drug-likeness (QED) is 0.680. The average Bonchev–Trinajstić information content (AvgIpc) is 2.93. The lowest BCUT2D eigenvalue weighted by Crippen LogP contribution is -2.75. The first kappa shape index (κ1) is 21.3. The molecule has 33 heavy (non-hydrogen) atoms. The van der Waals surface area contributed by atoms with Gasteiger partial charge >= 0.3 is 5.97 Å². The summed E-state index contributed by atoms with van der Waals surface area (Å²) in [5.41, 5.74) is 3.93. The predicted molar refractivity (Wildman–Crippen MR) is 125 cm³/mol. The second-order valence-corrected chi connectivity index (χ2v) is 12.7. The van der Waals surface area contributed by atoms with Crippen molar-refractivity contribution in [3.8, 4) is 0 Å². The summed E-state index contributed by atoms with van der Waals surface area (Å²) in [6.07, 6.45) is 3.09. The zero-order chi connectivity index (χ0) is 23.3. The molecule has 2 aromatic rings. The van der Waals surface area contributed by atoms with Crippen molar-refractivity contribution in [2.24, 2.45) is 17.8 Å². The highest BCUT2D eigenvalue weighted by atomic mass is 32.2. The van der Waals surface area contributed by atoms with Gasteiger partial charge in [0.25, 0.3) is 0 Å². The summed E-state index contributed by atoms with van der Waals surface area (Å²) < 4.78 is 23.4. The number of carboxylic acids is 1. The average molecular weight is 467 g/mol. The molecule has 2 N–H and O–H groups in total. The molecule has 6 rings (SSSR count). The molecule has 0 amide bonds. The number of carboxylic acid groups (broad SMARTS) is 1. The van der Waals surface area contributed by atoms with E-state index in [9.17, 15) is 18.3 Å². The summed E-state index contributed by atoms with van der Waals surface area (Å²) in [6.45, 7) is 3.15. The Balaban J connectivity index is 1.28. The number of carbonyl (C=O) groups is 1. The SMILES string of the molecule is CN1C2C3Cc4ccc(C(=O)O)cc4C4(C)C(NCCc5ccc(S(C)(=O)=O)cc5)C1C2C34. The van der Waals surface area contributed by atoms with Crippen LogP contribution in [0.1, 0.15) is 34.0 Å². The molecule has 3 aliphatic carbocycles. The van der Waals surface area contributed by atoms with Crippen LogP contribution in [-0.4, -0.2) is 62.4 Å². The second kappa shape index (κ2) is 6.90. The molecule has 7 atom stereocenters. The van der Waals surface area contributed by atoms with E-state index in [-0.39, 0.29) is 11.5 Å². The van der Waals surface area contributed by atoms with Gasteiger partial charge in [0.15, 0.2) is 9.84 Å². The van der Waals surface area contributed by atoms with Crippen molar-refractivity contribution in [3.63, 3.8) is 0 Å². The Hall–Kier alpha value is -2.22. The summed E-state index contributed by atoms with van der Waals surface area (Å²) in [7, 11) is -0.937. The topological polar surface area (TPSA) is 86.7 Å². The van der Waals surface area contributed by atoms with Crippen LogP contribution in [0.2, 0.25) is 0 Å². The van der Waals surface area contributed by atoms with Gasteiger partial charge in [-0.1, -0.05) is 25.1 Å². The number of fused-ring (bicyclic) bond motifs is 3. The minimum absolute atomic E-state index is 0.0829. The van der Waals surface area contributed by atoms with Gasteiger partial charge in [-0.3, -0.25) is 4.90 Å². The van der Waals surface area contributed by atoms with E-state index in [1.165, 1.54) is 17.4 Å². The van der Waals surface area contributed by atoms with Crippen LogP contribution in [-0.2, 0) is 28.1 Å². The van der Waals surface area contributed by atoms with Crippen molar-refractivity contribution in [1.82, 2.24) is 10.2 Å². The zero-order valence-corrected chi connectivity index (χ0v) is 20.0. The number of hydrogen-bond acceptors (Lipinski definition) is 5. The molecular formula is C26H30N2O4S. The number of likely N-dealkylation sites (tertiary alicyclic amines) is 1. The number of benzene rings is 2. The monoisotopic (exact) mass is 466 g/mol. The van der Waals surface area contributed by atoms with Gasteiger partial charge in [0.05, 0.1) is 10.5 Å². The molecule has 174 valence electrons. The third-order valence-electron chi connectivity index (χ3n) is 9.25. The third kappa shape index (κ3) is 2.79. The first-order valence-electron chi connectivity index (χ1n) is 11.7. The number of nitrogens with zero attached hydrogens (tertiary/aromatic N) is 1. The highest BCUT2D eigenvalue weighted by Gasteiger charge is 2.78. The summed E-state index contributed by atoms with van der Waals surface area (Å²) in [5, 5.41) is 13.5. The van der Waals surface area contributed by atoms with Gasteiger partial charge in [0.2, 0.25) is 0 Å². The Morgan fingerprint density at radius 2 is 1.91 bits per heavy atom.